The molecule has 7 nitrogen and oxygen atoms in total. The summed E-state index contributed by atoms with van der Waals surface area (Å²) < 4.78 is 5.61. The minimum Gasteiger partial charge on any atom is -0.356 e. The fourth-order valence-electron chi connectivity index (χ4n) is 3.06. The topological polar surface area (TPSA) is 79.0 Å². The summed E-state index contributed by atoms with van der Waals surface area (Å²) in [6, 6.07) is 8.84. The van der Waals surface area contributed by atoms with Gasteiger partial charge >= 0.3 is 0 Å². The van der Waals surface area contributed by atoms with E-state index in [1.807, 2.05) is 44.2 Å². The maximum Gasteiger partial charge on any atom is 0.251 e. The van der Waals surface area contributed by atoms with Crippen molar-refractivity contribution in [1.29, 1.82) is 0 Å². The van der Waals surface area contributed by atoms with Crippen LogP contribution in [0.4, 0.5) is 0 Å². The fraction of sp³-hybridized carbons (Fsp3) is 0.526. The van der Waals surface area contributed by atoms with Crippen LogP contribution in [0.1, 0.15) is 31.9 Å². The maximum atomic E-state index is 12.7. The van der Waals surface area contributed by atoms with Crippen LogP contribution < -0.4 is 5.32 Å². The van der Waals surface area contributed by atoms with E-state index in [1.54, 1.807) is 19.0 Å². The van der Waals surface area contributed by atoms with Gasteiger partial charge in [-0.2, -0.15) is 0 Å². The lowest BCUT2D eigenvalue weighted by atomic mass is 9.96. The number of morpholine rings is 1. The molecule has 1 saturated heterocycles. The highest BCUT2D eigenvalue weighted by atomic mass is 16.5. The van der Waals surface area contributed by atoms with Gasteiger partial charge in [0.15, 0.2) is 6.10 Å². The molecule has 3 amide bonds. The number of nitrogens with one attached hydrogen (secondary N) is 1. The van der Waals surface area contributed by atoms with Gasteiger partial charge in [0.05, 0.1) is 6.04 Å². The molecule has 0 aliphatic carbocycles. The number of ether oxygens (including phenoxy) is 1. The van der Waals surface area contributed by atoms with Crippen molar-refractivity contribution in [3.63, 3.8) is 0 Å². The zero-order valence-electron chi connectivity index (χ0n) is 15.8. The largest absolute Gasteiger partial charge is 0.356 e. The molecule has 1 aliphatic rings. The van der Waals surface area contributed by atoms with Crippen LogP contribution >= 0.6 is 0 Å². The Labute approximate surface area is 154 Å². The third-order valence-electron chi connectivity index (χ3n) is 4.35. The molecule has 2 rings (SSSR count). The van der Waals surface area contributed by atoms with Crippen molar-refractivity contribution in [3.05, 3.63) is 35.9 Å². The zero-order valence-corrected chi connectivity index (χ0v) is 15.8. The van der Waals surface area contributed by atoms with Gasteiger partial charge in [-0.15, -0.1) is 0 Å². The number of nitrogens with zero attached hydrogens (tertiary/aromatic N) is 2. The number of benzene rings is 1. The van der Waals surface area contributed by atoms with Crippen molar-refractivity contribution < 1.29 is 19.1 Å². The molecule has 0 spiro atoms. The maximum absolute atomic E-state index is 12.7. The number of amides is 3. The lowest BCUT2D eigenvalue weighted by molar-refractivity contribution is -0.167. The Morgan fingerprint density at radius 2 is 1.92 bits per heavy atom. The molecule has 1 aromatic carbocycles. The smallest absolute Gasteiger partial charge is 0.251 e. The minimum atomic E-state index is -0.813. The average Bonchev–Trinajstić information content (AvgIpc) is 2.61. The van der Waals surface area contributed by atoms with E-state index in [0.717, 1.165) is 5.56 Å². The van der Waals surface area contributed by atoms with E-state index in [2.05, 4.69) is 5.32 Å². The van der Waals surface area contributed by atoms with Crippen LogP contribution in [-0.4, -0.2) is 66.9 Å². The van der Waals surface area contributed by atoms with Gasteiger partial charge < -0.3 is 19.9 Å². The predicted molar refractivity (Wildman–Crippen MR) is 97.2 cm³/mol. The van der Waals surface area contributed by atoms with Gasteiger partial charge in [0.1, 0.15) is 6.61 Å². The van der Waals surface area contributed by atoms with E-state index >= 15 is 0 Å². The lowest BCUT2D eigenvalue weighted by Crippen LogP contribution is -2.56. The molecular formula is C19H27N3O4. The molecule has 0 bridgehead atoms. The normalized spacial score (nSPS) is 20.2. The third kappa shape index (κ3) is 4.60. The number of hydrogen-bond acceptors (Lipinski definition) is 4. The van der Waals surface area contributed by atoms with Gasteiger partial charge in [-0.1, -0.05) is 30.3 Å². The minimum absolute atomic E-state index is 0.0616. The van der Waals surface area contributed by atoms with Crippen LogP contribution in [-0.2, 0) is 19.1 Å². The van der Waals surface area contributed by atoms with Gasteiger partial charge in [0.2, 0.25) is 11.8 Å². The van der Waals surface area contributed by atoms with Gasteiger partial charge in [0.25, 0.3) is 5.91 Å². The third-order valence-corrected chi connectivity index (χ3v) is 4.35. The molecule has 26 heavy (non-hydrogen) atoms. The fourth-order valence-corrected chi connectivity index (χ4v) is 3.06. The van der Waals surface area contributed by atoms with E-state index in [1.165, 1.54) is 4.90 Å². The van der Waals surface area contributed by atoms with Crippen molar-refractivity contribution in [2.24, 2.45) is 0 Å². The Kier molecular flexibility index (Phi) is 6.74. The van der Waals surface area contributed by atoms with Crippen molar-refractivity contribution in [2.45, 2.75) is 38.5 Å². The summed E-state index contributed by atoms with van der Waals surface area (Å²) in [7, 11) is 3.35. The first kappa shape index (κ1) is 19.9. The van der Waals surface area contributed by atoms with Gasteiger partial charge in [0, 0.05) is 33.1 Å². The Bertz CT molecular complexity index is 645. The SMILES string of the molecule is CC(C)N1C(=O)CO[C@H](C(=O)NCCC(=O)N(C)C)[C@H]1c1ccccc1. The summed E-state index contributed by atoms with van der Waals surface area (Å²) in [6.07, 6.45) is -0.596. The highest BCUT2D eigenvalue weighted by Gasteiger charge is 2.42. The molecule has 0 radical (unpaired) electrons. The summed E-state index contributed by atoms with van der Waals surface area (Å²) in [4.78, 5) is 39.9. The first-order valence-electron chi connectivity index (χ1n) is 8.78. The highest BCUT2D eigenvalue weighted by molar-refractivity contribution is 5.87. The van der Waals surface area contributed by atoms with Crippen molar-refractivity contribution in [2.75, 3.05) is 27.2 Å². The molecular weight excluding hydrogens is 334 g/mol. The molecule has 0 saturated carbocycles. The molecule has 142 valence electrons. The number of hydrogen-bond donors (Lipinski definition) is 1. The molecule has 0 unspecified atom stereocenters. The van der Waals surface area contributed by atoms with E-state index < -0.39 is 12.1 Å². The first-order valence-corrected chi connectivity index (χ1v) is 8.78. The van der Waals surface area contributed by atoms with Crippen LogP contribution in [0.25, 0.3) is 0 Å². The lowest BCUT2D eigenvalue weighted by Gasteiger charge is -2.42. The second-order valence-corrected chi connectivity index (χ2v) is 6.81. The summed E-state index contributed by atoms with van der Waals surface area (Å²) in [6.45, 7) is 3.94. The van der Waals surface area contributed by atoms with E-state index in [9.17, 15) is 14.4 Å². The Morgan fingerprint density at radius 1 is 1.27 bits per heavy atom. The Morgan fingerprint density at radius 3 is 2.50 bits per heavy atom. The summed E-state index contributed by atoms with van der Waals surface area (Å²) in [5.74, 6) is -0.516. The average molecular weight is 361 g/mol. The quantitative estimate of drug-likeness (QED) is 0.818. The van der Waals surface area contributed by atoms with Crippen molar-refractivity contribution >= 4 is 17.7 Å². The molecule has 1 aromatic rings. The van der Waals surface area contributed by atoms with Gasteiger partial charge in [-0.05, 0) is 19.4 Å². The number of carbonyl (C=O) groups is 3. The van der Waals surface area contributed by atoms with Crippen LogP contribution in [0.3, 0.4) is 0 Å². The Hall–Kier alpha value is -2.41. The van der Waals surface area contributed by atoms with Gasteiger partial charge in [-0.3, -0.25) is 14.4 Å². The molecule has 0 aromatic heterocycles. The molecule has 1 aliphatic heterocycles. The Balaban J connectivity index is 2.17. The monoisotopic (exact) mass is 361 g/mol. The standard InChI is InChI=1S/C19H27N3O4/c1-13(2)22-16(24)12-26-18(17(22)14-8-6-5-7-9-14)19(25)20-11-10-15(23)21(3)4/h5-9,13,17-18H,10-12H2,1-4H3,(H,20,25)/t17-,18+/m1/s1. The molecule has 1 heterocycles. The van der Waals surface area contributed by atoms with Crippen LogP contribution in [0.15, 0.2) is 30.3 Å². The summed E-state index contributed by atoms with van der Waals surface area (Å²) in [5, 5.41) is 2.76. The first-order chi connectivity index (χ1) is 12.3. The number of rotatable bonds is 6. The van der Waals surface area contributed by atoms with Crippen molar-refractivity contribution in [1.82, 2.24) is 15.1 Å². The van der Waals surface area contributed by atoms with Crippen LogP contribution in [0.2, 0.25) is 0 Å². The predicted octanol–water partition coefficient (Wildman–Crippen LogP) is 0.958. The summed E-state index contributed by atoms with van der Waals surface area (Å²) in [5.41, 5.74) is 0.846. The molecule has 1 fully saturated rings. The highest BCUT2D eigenvalue weighted by Crippen LogP contribution is 2.32. The molecule has 1 N–H and O–H groups in total. The molecule has 2 atom stereocenters. The van der Waals surface area contributed by atoms with Crippen LogP contribution in [0.5, 0.6) is 0 Å². The zero-order chi connectivity index (χ0) is 19.3. The molecule has 7 heteroatoms. The van der Waals surface area contributed by atoms with Gasteiger partial charge in [-0.25, -0.2) is 0 Å². The van der Waals surface area contributed by atoms with E-state index in [4.69, 9.17) is 4.74 Å². The van der Waals surface area contributed by atoms with E-state index in [-0.39, 0.29) is 43.3 Å². The summed E-state index contributed by atoms with van der Waals surface area (Å²) >= 11 is 0. The second kappa shape index (κ2) is 8.80. The number of carbonyl (C=O) groups excluding carboxylic acids is 3. The van der Waals surface area contributed by atoms with Crippen LogP contribution in [0, 0.1) is 0 Å². The van der Waals surface area contributed by atoms with Crippen molar-refractivity contribution in [3.8, 4) is 0 Å². The van der Waals surface area contributed by atoms with E-state index in [0.29, 0.717) is 0 Å². The second-order valence-electron chi connectivity index (χ2n) is 6.81.